The summed E-state index contributed by atoms with van der Waals surface area (Å²) in [7, 11) is 0. The van der Waals surface area contributed by atoms with Gasteiger partial charge in [0.25, 0.3) is 0 Å². The molecule has 1 aromatic rings. The van der Waals surface area contributed by atoms with E-state index in [2.05, 4.69) is 40.7 Å². The molecule has 0 saturated carbocycles. The molecule has 0 atom stereocenters. The van der Waals surface area contributed by atoms with E-state index in [1.807, 2.05) is 12.1 Å². The number of rotatable bonds is 4. The first-order valence-corrected chi connectivity index (χ1v) is 6.00. The molecule has 0 unspecified atom stereocenters. The number of hydrogen-bond acceptors (Lipinski definition) is 1. The summed E-state index contributed by atoms with van der Waals surface area (Å²) in [5, 5.41) is 0.847. The van der Waals surface area contributed by atoms with Crippen molar-refractivity contribution in [3.05, 3.63) is 33.3 Å². The number of halogens is 2. The van der Waals surface area contributed by atoms with Crippen LogP contribution in [0.2, 0.25) is 5.02 Å². The van der Waals surface area contributed by atoms with E-state index in [1.165, 1.54) is 5.56 Å². The highest BCUT2D eigenvalue weighted by molar-refractivity contribution is 9.10. The molecular formula is C11H15BrClN. The van der Waals surface area contributed by atoms with Crippen LogP contribution in [0.25, 0.3) is 0 Å². The summed E-state index contributed by atoms with van der Waals surface area (Å²) < 4.78 is 1.09. The lowest BCUT2D eigenvalue weighted by Crippen LogP contribution is -2.22. The minimum atomic E-state index is 0.847. The second kappa shape index (κ2) is 5.74. The summed E-state index contributed by atoms with van der Waals surface area (Å²) in [4.78, 5) is 2.34. The predicted octanol–water partition coefficient (Wildman–Crippen LogP) is 3.94. The van der Waals surface area contributed by atoms with Crippen molar-refractivity contribution < 1.29 is 0 Å². The van der Waals surface area contributed by atoms with E-state index in [1.54, 1.807) is 0 Å². The van der Waals surface area contributed by atoms with Gasteiger partial charge in [-0.3, -0.25) is 4.90 Å². The highest BCUT2D eigenvalue weighted by Gasteiger charge is 2.05. The Morgan fingerprint density at radius 2 is 1.93 bits per heavy atom. The Bertz CT molecular complexity index is 297. The Hall–Kier alpha value is -0.0500. The van der Waals surface area contributed by atoms with E-state index in [-0.39, 0.29) is 0 Å². The van der Waals surface area contributed by atoms with Crippen LogP contribution in [-0.4, -0.2) is 18.0 Å². The normalized spacial score (nSPS) is 10.9. The molecule has 3 heteroatoms. The summed E-state index contributed by atoms with van der Waals surface area (Å²) in [6.45, 7) is 7.36. The van der Waals surface area contributed by atoms with Crippen LogP contribution < -0.4 is 0 Å². The van der Waals surface area contributed by atoms with Gasteiger partial charge in [-0.1, -0.05) is 41.4 Å². The molecule has 0 aliphatic rings. The molecule has 1 nitrogen and oxygen atoms in total. The molecule has 0 aromatic heterocycles. The molecule has 0 spiro atoms. The predicted molar refractivity (Wildman–Crippen MR) is 65.8 cm³/mol. The van der Waals surface area contributed by atoms with Crippen LogP contribution in [0.3, 0.4) is 0 Å². The lowest BCUT2D eigenvalue weighted by molar-refractivity contribution is 0.296. The lowest BCUT2D eigenvalue weighted by Gasteiger charge is -2.18. The van der Waals surface area contributed by atoms with Crippen molar-refractivity contribution in [3.63, 3.8) is 0 Å². The second-order valence-corrected chi connectivity index (χ2v) is 4.52. The van der Waals surface area contributed by atoms with Gasteiger partial charge in [-0.15, -0.1) is 0 Å². The van der Waals surface area contributed by atoms with Crippen LogP contribution in [0, 0.1) is 0 Å². The molecule has 0 N–H and O–H groups in total. The quantitative estimate of drug-likeness (QED) is 0.805. The molecule has 14 heavy (non-hydrogen) atoms. The van der Waals surface area contributed by atoms with Gasteiger partial charge in [-0.25, -0.2) is 0 Å². The first-order chi connectivity index (χ1) is 6.67. The third kappa shape index (κ3) is 3.26. The van der Waals surface area contributed by atoms with Crippen molar-refractivity contribution in [2.45, 2.75) is 20.4 Å². The van der Waals surface area contributed by atoms with Crippen LogP contribution in [0.5, 0.6) is 0 Å². The maximum atomic E-state index is 6.11. The Morgan fingerprint density at radius 3 is 2.50 bits per heavy atom. The largest absolute Gasteiger partial charge is 0.300 e. The highest BCUT2D eigenvalue weighted by atomic mass is 79.9. The molecule has 0 amide bonds. The molecular weight excluding hydrogens is 261 g/mol. The maximum Gasteiger partial charge on any atom is 0.0451 e. The summed E-state index contributed by atoms with van der Waals surface area (Å²) in [6, 6.07) is 5.99. The second-order valence-electron chi connectivity index (χ2n) is 3.20. The van der Waals surface area contributed by atoms with Gasteiger partial charge in [0, 0.05) is 16.0 Å². The molecule has 0 saturated heterocycles. The average Bonchev–Trinajstić information content (AvgIpc) is 2.19. The fourth-order valence-electron chi connectivity index (χ4n) is 1.35. The zero-order valence-electron chi connectivity index (χ0n) is 8.56. The Balaban J connectivity index is 2.79. The molecule has 0 aliphatic heterocycles. The van der Waals surface area contributed by atoms with E-state index < -0.39 is 0 Å². The standard InChI is InChI=1S/C11H15BrClN/c1-3-14(4-2)8-9-7-10(12)5-6-11(9)13/h5-7H,3-4,8H2,1-2H3. The smallest absolute Gasteiger partial charge is 0.0451 e. The third-order valence-electron chi connectivity index (χ3n) is 2.30. The fourth-order valence-corrected chi connectivity index (χ4v) is 1.94. The number of nitrogens with zero attached hydrogens (tertiary/aromatic N) is 1. The highest BCUT2D eigenvalue weighted by Crippen LogP contribution is 2.22. The molecule has 1 aromatic carbocycles. The molecule has 0 radical (unpaired) electrons. The summed E-state index contributed by atoms with van der Waals surface area (Å²) in [5.74, 6) is 0. The zero-order valence-corrected chi connectivity index (χ0v) is 10.9. The van der Waals surface area contributed by atoms with Gasteiger partial charge >= 0.3 is 0 Å². The van der Waals surface area contributed by atoms with Crippen LogP contribution >= 0.6 is 27.5 Å². The van der Waals surface area contributed by atoms with Gasteiger partial charge in [0.05, 0.1) is 0 Å². The Labute approximate surface area is 99.2 Å². The van der Waals surface area contributed by atoms with Gasteiger partial charge in [-0.2, -0.15) is 0 Å². The number of benzene rings is 1. The van der Waals surface area contributed by atoms with Crippen molar-refractivity contribution in [1.82, 2.24) is 4.90 Å². The van der Waals surface area contributed by atoms with Crippen molar-refractivity contribution in [2.24, 2.45) is 0 Å². The third-order valence-corrected chi connectivity index (χ3v) is 3.16. The molecule has 1 rings (SSSR count). The van der Waals surface area contributed by atoms with Gasteiger partial charge in [-0.05, 0) is 36.9 Å². The lowest BCUT2D eigenvalue weighted by atomic mass is 10.2. The SMILES string of the molecule is CCN(CC)Cc1cc(Br)ccc1Cl. The van der Waals surface area contributed by atoms with Crippen LogP contribution in [0.15, 0.2) is 22.7 Å². The van der Waals surface area contributed by atoms with E-state index in [0.29, 0.717) is 0 Å². The molecule has 78 valence electrons. The molecule has 0 fully saturated rings. The van der Waals surface area contributed by atoms with Crippen molar-refractivity contribution in [1.29, 1.82) is 0 Å². The zero-order chi connectivity index (χ0) is 10.6. The van der Waals surface area contributed by atoms with E-state index in [9.17, 15) is 0 Å². The van der Waals surface area contributed by atoms with Crippen molar-refractivity contribution in [2.75, 3.05) is 13.1 Å². The van der Waals surface area contributed by atoms with E-state index >= 15 is 0 Å². The van der Waals surface area contributed by atoms with Crippen molar-refractivity contribution in [3.8, 4) is 0 Å². The first-order valence-electron chi connectivity index (χ1n) is 4.83. The summed E-state index contributed by atoms with van der Waals surface area (Å²) in [5.41, 5.74) is 1.18. The Morgan fingerprint density at radius 1 is 1.29 bits per heavy atom. The van der Waals surface area contributed by atoms with E-state index in [4.69, 9.17) is 11.6 Å². The number of hydrogen-bond donors (Lipinski definition) is 0. The average molecular weight is 277 g/mol. The molecule has 0 aliphatic carbocycles. The minimum Gasteiger partial charge on any atom is -0.300 e. The maximum absolute atomic E-state index is 6.11. The Kier molecular flexibility index (Phi) is 4.93. The monoisotopic (exact) mass is 275 g/mol. The van der Waals surface area contributed by atoms with Crippen LogP contribution in [-0.2, 0) is 6.54 Å². The van der Waals surface area contributed by atoms with Crippen molar-refractivity contribution >= 4 is 27.5 Å². The van der Waals surface area contributed by atoms with Gasteiger partial charge in [0.15, 0.2) is 0 Å². The summed E-state index contributed by atoms with van der Waals surface area (Å²) in [6.07, 6.45) is 0. The first kappa shape index (κ1) is 12.0. The van der Waals surface area contributed by atoms with Crippen LogP contribution in [0.4, 0.5) is 0 Å². The van der Waals surface area contributed by atoms with Gasteiger partial charge in [0.2, 0.25) is 0 Å². The van der Waals surface area contributed by atoms with E-state index in [0.717, 1.165) is 29.1 Å². The van der Waals surface area contributed by atoms with Crippen LogP contribution in [0.1, 0.15) is 19.4 Å². The summed E-state index contributed by atoms with van der Waals surface area (Å²) >= 11 is 9.56. The fraction of sp³-hybridized carbons (Fsp3) is 0.455. The molecule has 0 heterocycles. The topological polar surface area (TPSA) is 3.24 Å². The van der Waals surface area contributed by atoms with Gasteiger partial charge < -0.3 is 0 Å². The minimum absolute atomic E-state index is 0.847. The van der Waals surface area contributed by atoms with Gasteiger partial charge in [0.1, 0.15) is 0 Å². The molecule has 0 bridgehead atoms.